The molecule has 8 nitrogen and oxygen atoms in total. The van der Waals surface area contributed by atoms with E-state index in [0.717, 1.165) is 44.6 Å². The third-order valence-electron chi connectivity index (χ3n) is 5.24. The van der Waals surface area contributed by atoms with E-state index in [0.29, 0.717) is 17.4 Å². The minimum atomic E-state index is -0.640. The SMILES string of the molecule is COc1ccc(C(=O)NC(=O)NSc2ccc(-c3nc4cc(C)c(C)cc4o3)cc2)cc1OC. The molecule has 0 unspecified atom stereocenters. The Morgan fingerprint density at radius 1 is 0.912 bits per heavy atom. The molecule has 1 heterocycles. The number of carbonyl (C=O) groups is 2. The van der Waals surface area contributed by atoms with Crippen molar-refractivity contribution < 1.29 is 23.5 Å². The van der Waals surface area contributed by atoms with Gasteiger partial charge in [0.15, 0.2) is 17.1 Å². The number of hydrogen-bond donors (Lipinski definition) is 2. The van der Waals surface area contributed by atoms with Crippen molar-refractivity contribution in [3.63, 3.8) is 0 Å². The minimum absolute atomic E-state index is 0.269. The maximum Gasteiger partial charge on any atom is 0.331 e. The van der Waals surface area contributed by atoms with E-state index in [2.05, 4.69) is 15.0 Å². The number of ether oxygens (including phenoxy) is 2. The van der Waals surface area contributed by atoms with Gasteiger partial charge >= 0.3 is 6.03 Å². The molecule has 3 amide bonds. The Labute approximate surface area is 200 Å². The van der Waals surface area contributed by atoms with Crippen LogP contribution in [0.2, 0.25) is 0 Å². The van der Waals surface area contributed by atoms with Crippen molar-refractivity contribution in [2.75, 3.05) is 14.2 Å². The predicted molar refractivity (Wildman–Crippen MR) is 130 cm³/mol. The lowest BCUT2D eigenvalue weighted by atomic mass is 10.1. The third kappa shape index (κ3) is 4.99. The molecule has 174 valence electrons. The molecule has 0 fully saturated rings. The third-order valence-corrected chi connectivity index (χ3v) is 6.03. The number of carbonyl (C=O) groups excluding carboxylic acids is 2. The van der Waals surface area contributed by atoms with Crippen LogP contribution in [0, 0.1) is 13.8 Å². The first-order valence-corrected chi connectivity index (χ1v) is 11.2. The normalized spacial score (nSPS) is 10.7. The Bertz CT molecular complexity index is 1330. The highest BCUT2D eigenvalue weighted by atomic mass is 32.2. The highest BCUT2D eigenvalue weighted by molar-refractivity contribution is 7.98. The highest BCUT2D eigenvalue weighted by Gasteiger charge is 2.14. The molecule has 3 aromatic carbocycles. The number of benzene rings is 3. The molecule has 4 aromatic rings. The van der Waals surface area contributed by atoms with Gasteiger partial charge in [0.25, 0.3) is 5.91 Å². The maximum atomic E-state index is 12.4. The lowest BCUT2D eigenvalue weighted by molar-refractivity contribution is 0.0965. The van der Waals surface area contributed by atoms with Gasteiger partial charge < -0.3 is 13.9 Å². The first kappa shape index (κ1) is 23.2. The van der Waals surface area contributed by atoms with Crippen LogP contribution in [0.3, 0.4) is 0 Å². The molecule has 0 spiro atoms. The average Bonchev–Trinajstić information content (AvgIpc) is 3.25. The molecule has 9 heteroatoms. The number of imide groups is 1. The first-order chi connectivity index (χ1) is 16.4. The quantitative estimate of drug-likeness (QED) is 0.364. The number of oxazole rings is 1. The van der Waals surface area contributed by atoms with Crippen LogP contribution in [-0.4, -0.2) is 31.1 Å². The second-order valence-electron chi connectivity index (χ2n) is 7.50. The molecule has 0 aliphatic heterocycles. The number of fused-ring (bicyclic) bond motifs is 1. The zero-order valence-electron chi connectivity index (χ0n) is 19.1. The number of hydrogen-bond acceptors (Lipinski definition) is 7. The zero-order valence-corrected chi connectivity index (χ0v) is 19.9. The number of rotatable bonds is 6. The van der Waals surface area contributed by atoms with E-state index in [4.69, 9.17) is 13.9 Å². The fraction of sp³-hybridized carbons (Fsp3) is 0.160. The summed E-state index contributed by atoms with van der Waals surface area (Å²) in [7, 11) is 2.98. The molecular weight excluding hydrogens is 454 g/mol. The van der Waals surface area contributed by atoms with Crippen molar-refractivity contribution in [1.29, 1.82) is 0 Å². The molecular formula is C25H23N3O5S. The molecule has 0 aliphatic rings. The Kier molecular flexibility index (Phi) is 6.74. The predicted octanol–water partition coefficient (Wildman–Crippen LogP) is 5.28. The van der Waals surface area contributed by atoms with Crippen molar-refractivity contribution in [1.82, 2.24) is 15.0 Å². The summed E-state index contributed by atoms with van der Waals surface area (Å²) in [6.45, 7) is 4.08. The van der Waals surface area contributed by atoms with Gasteiger partial charge in [0, 0.05) is 16.0 Å². The minimum Gasteiger partial charge on any atom is -0.493 e. The largest absolute Gasteiger partial charge is 0.493 e. The number of aromatic nitrogens is 1. The van der Waals surface area contributed by atoms with Crippen molar-refractivity contribution in [3.05, 3.63) is 71.3 Å². The Morgan fingerprint density at radius 3 is 2.32 bits per heavy atom. The molecule has 34 heavy (non-hydrogen) atoms. The Morgan fingerprint density at radius 2 is 1.62 bits per heavy atom. The number of amides is 3. The molecule has 0 aliphatic carbocycles. The monoisotopic (exact) mass is 477 g/mol. The van der Waals surface area contributed by atoms with Gasteiger partial charge in [-0.25, -0.2) is 9.78 Å². The van der Waals surface area contributed by atoms with Crippen LogP contribution in [0.5, 0.6) is 11.5 Å². The summed E-state index contributed by atoms with van der Waals surface area (Å²) in [4.78, 5) is 29.9. The number of methoxy groups -OCH3 is 2. The Balaban J connectivity index is 1.36. The number of urea groups is 1. The van der Waals surface area contributed by atoms with Crippen molar-refractivity contribution in [2.24, 2.45) is 0 Å². The van der Waals surface area contributed by atoms with E-state index >= 15 is 0 Å². The molecule has 0 saturated carbocycles. The molecule has 0 atom stereocenters. The summed E-state index contributed by atoms with van der Waals surface area (Å²) in [5.74, 6) is 0.860. The second-order valence-corrected chi connectivity index (χ2v) is 8.38. The van der Waals surface area contributed by atoms with Gasteiger partial charge in [0.2, 0.25) is 5.89 Å². The van der Waals surface area contributed by atoms with Crippen LogP contribution < -0.4 is 19.5 Å². The van der Waals surface area contributed by atoms with Crippen LogP contribution in [0.1, 0.15) is 21.5 Å². The second kappa shape index (κ2) is 9.88. The molecule has 4 rings (SSSR count). The number of aryl methyl sites for hydroxylation is 2. The number of nitrogens with zero attached hydrogens (tertiary/aromatic N) is 1. The molecule has 2 N–H and O–H groups in total. The summed E-state index contributed by atoms with van der Waals surface area (Å²) < 4.78 is 18.8. The first-order valence-electron chi connectivity index (χ1n) is 10.4. The van der Waals surface area contributed by atoms with Gasteiger partial charge in [-0.2, -0.15) is 0 Å². The molecule has 0 saturated heterocycles. The Hall–Kier alpha value is -3.98. The van der Waals surface area contributed by atoms with Crippen LogP contribution in [-0.2, 0) is 0 Å². The van der Waals surface area contributed by atoms with E-state index in [1.807, 2.05) is 50.2 Å². The smallest absolute Gasteiger partial charge is 0.331 e. The van der Waals surface area contributed by atoms with Crippen LogP contribution >= 0.6 is 11.9 Å². The van der Waals surface area contributed by atoms with E-state index < -0.39 is 11.9 Å². The van der Waals surface area contributed by atoms with Gasteiger partial charge in [0.1, 0.15) is 5.52 Å². The summed E-state index contributed by atoms with van der Waals surface area (Å²) in [5, 5.41) is 2.29. The maximum absolute atomic E-state index is 12.4. The van der Waals surface area contributed by atoms with Gasteiger partial charge in [-0.05, 0) is 91.5 Å². The van der Waals surface area contributed by atoms with E-state index in [-0.39, 0.29) is 5.56 Å². The van der Waals surface area contributed by atoms with E-state index in [1.165, 1.54) is 20.3 Å². The van der Waals surface area contributed by atoms with Gasteiger partial charge in [-0.15, -0.1) is 0 Å². The summed E-state index contributed by atoms with van der Waals surface area (Å²) in [5.41, 5.74) is 4.96. The standard InChI is InChI=1S/C25H23N3O5S/c1-14-11-19-21(12-15(14)2)33-24(26-19)16-5-8-18(9-6-16)34-28-25(30)27-23(29)17-7-10-20(31-3)22(13-17)32-4/h5-13H,1-4H3,(H2,27,28,29,30). The lowest BCUT2D eigenvalue weighted by Gasteiger charge is -2.10. The van der Waals surface area contributed by atoms with Crippen molar-refractivity contribution in [3.8, 4) is 23.0 Å². The van der Waals surface area contributed by atoms with Crippen molar-refractivity contribution in [2.45, 2.75) is 18.7 Å². The van der Waals surface area contributed by atoms with Gasteiger partial charge in [0.05, 0.1) is 14.2 Å². The number of nitrogens with one attached hydrogen (secondary N) is 2. The summed E-state index contributed by atoms with van der Waals surface area (Å²) in [6.07, 6.45) is 0. The molecule has 0 radical (unpaired) electrons. The fourth-order valence-corrected chi connectivity index (χ4v) is 3.79. The zero-order chi connectivity index (χ0) is 24.2. The topological polar surface area (TPSA) is 103 Å². The fourth-order valence-electron chi connectivity index (χ4n) is 3.25. The molecule has 1 aromatic heterocycles. The summed E-state index contributed by atoms with van der Waals surface area (Å²) >= 11 is 1.08. The van der Waals surface area contributed by atoms with E-state index in [9.17, 15) is 9.59 Å². The summed E-state index contributed by atoms with van der Waals surface area (Å²) in [6, 6.07) is 15.4. The van der Waals surface area contributed by atoms with Gasteiger partial charge in [-0.1, -0.05) is 0 Å². The van der Waals surface area contributed by atoms with Crippen LogP contribution in [0.4, 0.5) is 4.79 Å². The molecule has 0 bridgehead atoms. The van der Waals surface area contributed by atoms with E-state index in [1.54, 1.807) is 12.1 Å². The lowest BCUT2D eigenvalue weighted by Crippen LogP contribution is -2.36. The van der Waals surface area contributed by atoms with Crippen molar-refractivity contribution >= 4 is 35.0 Å². The van der Waals surface area contributed by atoms with Gasteiger partial charge in [-0.3, -0.25) is 14.8 Å². The highest BCUT2D eigenvalue weighted by Crippen LogP contribution is 2.29. The average molecular weight is 478 g/mol. The van der Waals surface area contributed by atoms with Crippen LogP contribution in [0.25, 0.3) is 22.6 Å². The van der Waals surface area contributed by atoms with Crippen LogP contribution in [0.15, 0.2) is 63.9 Å².